The Bertz CT molecular complexity index is 592. The molecule has 0 N–H and O–H groups in total. The summed E-state index contributed by atoms with van der Waals surface area (Å²) in [5, 5.41) is 0. The smallest absolute Gasteiger partial charge is 0.0443 e. The molecule has 0 amide bonds. The van der Waals surface area contributed by atoms with E-state index in [1.54, 1.807) is 5.57 Å². The normalized spacial score (nSPS) is 20.9. The van der Waals surface area contributed by atoms with E-state index in [-0.39, 0.29) is 0 Å². The Balaban J connectivity index is 1.71. The SMILES string of the molecule is CCCCN1CCN(c2ccccc2C2=CCC(CC)(CC)CC2)CC1. The van der Waals surface area contributed by atoms with Gasteiger partial charge in [0.2, 0.25) is 0 Å². The Labute approximate surface area is 161 Å². The average molecular weight is 355 g/mol. The summed E-state index contributed by atoms with van der Waals surface area (Å²) in [6.45, 7) is 13.1. The summed E-state index contributed by atoms with van der Waals surface area (Å²) in [5.41, 5.74) is 5.11. The summed E-state index contributed by atoms with van der Waals surface area (Å²) in [4.78, 5) is 5.26. The fourth-order valence-corrected chi connectivity index (χ4v) is 4.70. The molecule has 2 aliphatic rings. The first-order chi connectivity index (χ1) is 12.7. The maximum Gasteiger partial charge on any atom is 0.0443 e. The van der Waals surface area contributed by atoms with Crippen LogP contribution in [0.5, 0.6) is 0 Å². The Morgan fingerprint density at radius 2 is 1.69 bits per heavy atom. The molecule has 2 nitrogen and oxygen atoms in total. The maximum atomic E-state index is 2.64. The van der Waals surface area contributed by atoms with Crippen LogP contribution in [0.25, 0.3) is 5.57 Å². The van der Waals surface area contributed by atoms with E-state index in [2.05, 4.69) is 60.9 Å². The molecular weight excluding hydrogens is 316 g/mol. The summed E-state index contributed by atoms with van der Waals surface area (Å²) in [7, 11) is 0. The number of anilines is 1. The second kappa shape index (κ2) is 9.08. The van der Waals surface area contributed by atoms with E-state index in [9.17, 15) is 0 Å². The summed E-state index contributed by atoms with van der Waals surface area (Å²) < 4.78 is 0. The first-order valence-corrected chi connectivity index (χ1v) is 11.0. The first-order valence-electron chi connectivity index (χ1n) is 11.0. The quantitative estimate of drug-likeness (QED) is 0.594. The van der Waals surface area contributed by atoms with Crippen molar-refractivity contribution in [1.29, 1.82) is 0 Å². The third-order valence-electron chi connectivity index (χ3n) is 7.00. The van der Waals surface area contributed by atoms with Gasteiger partial charge in [-0.15, -0.1) is 0 Å². The van der Waals surface area contributed by atoms with Crippen LogP contribution in [0.4, 0.5) is 5.69 Å². The molecule has 1 aromatic carbocycles. The third kappa shape index (κ3) is 4.34. The molecular formula is C24H38N2. The van der Waals surface area contributed by atoms with Gasteiger partial charge in [-0.3, -0.25) is 4.90 Å². The van der Waals surface area contributed by atoms with Gasteiger partial charge in [-0.2, -0.15) is 0 Å². The van der Waals surface area contributed by atoms with E-state index in [0.29, 0.717) is 5.41 Å². The van der Waals surface area contributed by atoms with Gasteiger partial charge in [-0.25, -0.2) is 0 Å². The molecule has 3 rings (SSSR count). The van der Waals surface area contributed by atoms with Crippen LogP contribution in [0.15, 0.2) is 30.3 Å². The lowest BCUT2D eigenvalue weighted by molar-refractivity contribution is 0.238. The van der Waals surface area contributed by atoms with Crippen LogP contribution < -0.4 is 4.90 Å². The van der Waals surface area contributed by atoms with Crippen LogP contribution in [0, 0.1) is 5.41 Å². The van der Waals surface area contributed by atoms with Gasteiger partial charge in [0.05, 0.1) is 0 Å². The number of nitrogens with zero attached hydrogens (tertiary/aromatic N) is 2. The van der Waals surface area contributed by atoms with Crippen molar-refractivity contribution in [3.8, 4) is 0 Å². The van der Waals surface area contributed by atoms with Gasteiger partial charge in [0, 0.05) is 37.4 Å². The van der Waals surface area contributed by atoms with Crippen molar-refractivity contribution in [2.24, 2.45) is 5.41 Å². The molecule has 1 aromatic rings. The third-order valence-corrected chi connectivity index (χ3v) is 7.00. The minimum atomic E-state index is 0.559. The monoisotopic (exact) mass is 354 g/mol. The second-order valence-electron chi connectivity index (χ2n) is 8.34. The average Bonchev–Trinajstić information content (AvgIpc) is 2.73. The lowest BCUT2D eigenvalue weighted by Crippen LogP contribution is -2.46. The molecule has 1 aliphatic carbocycles. The van der Waals surface area contributed by atoms with Crippen LogP contribution in [-0.2, 0) is 0 Å². The van der Waals surface area contributed by atoms with E-state index in [1.807, 2.05) is 0 Å². The van der Waals surface area contributed by atoms with E-state index in [0.717, 1.165) is 0 Å². The fraction of sp³-hybridized carbons (Fsp3) is 0.667. The zero-order valence-corrected chi connectivity index (χ0v) is 17.3. The number of para-hydroxylation sites is 1. The zero-order valence-electron chi connectivity index (χ0n) is 17.3. The lowest BCUT2D eigenvalue weighted by atomic mass is 9.70. The molecule has 0 saturated carbocycles. The summed E-state index contributed by atoms with van der Waals surface area (Å²) in [5.74, 6) is 0. The minimum absolute atomic E-state index is 0.559. The highest BCUT2D eigenvalue weighted by Crippen LogP contribution is 2.44. The molecule has 0 aromatic heterocycles. The van der Waals surface area contributed by atoms with Gasteiger partial charge in [-0.1, -0.05) is 64.3 Å². The molecule has 26 heavy (non-hydrogen) atoms. The lowest BCUT2D eigenvalue weighted by Gasteiger charge is -2.38. The van der Waals surface area contributed by atoms with Crippen molar-refractivity contribution in [2.45, 2.75) is 65.7 Å². The molecule has 0 atom stereocenters. The highest BCUT2D eigenvalue weighted by atomic mass is 15.3. The predicted molar refractivity (Wildman–Crippen MR) is 115 cm³/mol. The summed E-state index contributed by atoms with van der Waals surface area (Å²) in [6, 6.07) is 9.14. The number of hydrogen-bond acceptors (Lipinski definition) is 2. The van der Waals surface area contributed by atoms with Crippen LogP contribution in [-0.4, -0.2) is 37.6 Å². The summed E-state index contributed by atoms with van der Waals surface area (Å²) in [6.07, 6.45) is 11.7. The largest absolute Gasteiger partial charge is 0.368 e. The van der Waals surface area contributed by atoms with Crippen molar-refractivity contribution in [1.82, 2.24) is 4.90 Å². The molecule has 0 bridgehead atoms. The van der Waals surface area contributed by atoms with Crippen LogP contribution in [0.2, 0.25) is 0 Å². The second-order valence-corrected chi connectivity index (χ2v) is 8.34. The van der Waals surface area contributed by atoms with Crippen molar-refractivity contribution < 1.29 is 0 Å². The first kappa shape index (κ1) is 19.5. The van der Waals surface area contributed by atoms with E-state index in [4.69, 9.17) is 0 Å². The van der Waals surface area contributed by atoms with Gasteiger partial charge in [0.1, 0.15) is 0 Å². The Morgan fingerprint density at radius 3 is 2.31 bits per heavy atom. The molecule has 1 fully saturated rings. The molecule has 1 heterocycles. The predicted octanol–water partition coefficient (Wildman–Crippen LogP) is 5.98. The number of hydrogen-bond donors (Lipinski definition) is 0. The molecule has 144 valence electrons. The summed E-state index contributed by atoms with van der Waals surface area (Å²) >= 11 is 0. The van der Waals surface area contributed by atoms with E-state index < -0.39 is 0 Å². The minimum Gasteiger partial charge on any atom is -0.368 e. The molecule has 0 radical (unpaired) electrons. The number of benzene rings is 1. The molecule has 2 heteroatoms. The number of allylic oxidation sites excluding steroid dienone is 2. The highest BCUT2D eigenvalue weighted by molar-refractivity contribution is 5.77. The number of rotatable bonds is 7. The van der Waals surface area contributed by atoms with Crippen LogP contribution >= 0.6 is 0 Å². The van der Waals surface area contributed by atoms with Crippen molar-refractivity contribution >= 4 is 11.3 Å². The van der Waals surface area contributed by atoms with Gasteiger partial charge in [-0.05, 0) is 49.3 Å². The zero-order chi connectivity index (χ0) is 18.4. The molecule has 0 unspecified atom stereocenters. The van der Waals surface area contributed by atoms with Crippen molar-refractivity contribution in [3.63, 3.8) is 0 Å². The van der Waals surface area contributed by atoms with E-state index >= 15 is 0 Å². The van der Waals surface area contributed by atoms with Gasteiger partial charge in [0.15, 0.2) is 0 Å². The van der Waals surface area contributed by atoms with Crippen molar-refractivity contribution in [2.75, 3.05) is 37.6 Å². The highest BCUT2D eigenvalue weighted by Gasteiger charge is 2.29. The van der Waals surface area contributed by atoms with Gasteiger partial charge in [0.25, 0.3) is 0 Å². The van der Waals surface area contributed by atoms with Crippen LogP contribution in [0.1, 0.15) is 71.3 Å². The Kier molecular flexibility index (Phi) is 6.80. The van der Waals surface area contributed by atoms with E-state index in [1.165, 1.54) is 88.9 Å². The molecule has 1 saturated heterocycles. The molecule has 1 aliphatic heterocycles. The van der Waals surface area contributed by atoms with Crippen LogP contribution in [0.3, 0.4) is 0 Å². The maximum absolute atomic E-state index is 2.64. The Morgan fingerprint density at radius 1 is 0.962 bits per heavy atom. The number of piperazine rings is 1. The standard InChI is InChI=1S/C24H38N2/c1-4-7-16-25-17-19-26(20-18-25)23-11-9-8-10-22(23)21-12-14-24(5-2,6-3)15-13-21/h8-12H,4-7,13-20H2,1-3H3. The fourth-order valence-electron chi connectivity index (χ4n) is 4.70. The molecule has 0 spiro atoms. The Hall–Kier alpha value is -1.28. The van der Waals surface area contributed by atoms with Gasteiger partial charge < -0.3 is 4.90 Å². The van der Waals surface area contributed by atoms with Gasteiger partial charge >= 0.3 is 0 Å². The topological polar surface area (TPSA) is 6.48 Å². The number of unbranched alkanes of at least 4 members (excludes halogenated alkanes) is 1. The van der Waals surface area contributed by atoms with Crippen molar-refractivity contribution in [3.05, 3.63) is 35.9 Å².